The van der Waals surface area contributed by atoms with Gasteiger partial charge in [-0.2, -0.15) is 0 Å². The third-order valence-corrected chi connectivity index (χ3v) is 7.41. The molecule has 0 bridgehead atoms. The minimum atomic E-state index is -0.277. The van der Waals surface area contributed by atoms with Gasteiger partial charge in [-0.25, -0.2) is 9.97 Å². The standard InChI is InChI=1S/C18H11BrClN3OS3/c19-10-5-6-13(20)12(7-10)16(24)23-17-21-11(8-25-17)9-26-18-22-14-3-1-2-4-15(14)27-18/h1-8H,9H2,(H,21,23,24). The van der Waals surface area contributed by atoms with E-state index in [0.29, 0.717) is 21.5 Å². The fourth-order valence-electron chi connectivity index (χ4n) is 2.32. The van der Waals surface area contributed by atoms with Crippen LogP contribution in [0.3, 0.4) is 0 Å². The molecule has 2 aromatic heterocycles. The third kappa shape index (κ3) is 4.52. The molecule has 0 fully saturated rings. The maximum absolute atomic E-state index is 12.4. The second-order valence-corrected chi connectivity index (χ2v) is 9.89. The molecule has 2 aromatic carbocycles. The molecule has 1 N–H and O–H groups in total. The topological polar surface area (TPSA) is 54.9 Å². The molecule has 9 heteroatoms. The predicted molar refractivity (Wildman–Crippen MR) is 118 cm³/mol. The van der Waals surface area contributed by atoms with E-state index in [4.69, 9.17) is 11.6 Å². The molecule has 0 spiro atoms. The van der Waals surface area contributed by atoms with Gasteiger partial charge in [0.2, 0.25) is 0 Å². The Morgan fingerprint density at radius 3 is 2.93 bits per heavy atom. The van der Waals surface area contributed by atoms with Crippen molar-refractivity contribution in [3.8, 4) is 0 Å². The molecule has 0 aliphatic rings. The highest BCUT2D eigenvalue weighted by Crippen LogP contribution is 2.32. The van der Waals surface area contributed by atoms with Crippen molar-refractivity contribution in [2.75, 3.05) is 5.32 Å². The molecule has 2 heterocycles. The second kappa shape index (κ2) is 8.28. The van der Waals surface area contributed by atoms with Crippen molar-refractivity contribution in [1.82, 2.24) is 9.97 Å². The molecule has 1 amide bonds. The van der Waals surface area contributed by atoms with Crippen molar-refractivity contribution in [1.29, 1.82) is 0 Å². The molecule has 4 rings (SSSR count). The van der Waals surface area contributed by atoms with E-state index >= 15 is 0 Å². The van der Waals surface area contributed by atoms with Gasteiger partial charge < -0.3 is 0 Å². The summed E-state index contributed by atoms with van der Waals surface area (Å²) in [5.74, 6) is 0.421. The molecule has 0 saturated heterocycles. The highest BCUT2D eigenvalue weighted by molar-refractivity contribution is 9.10. The number of para-hydroxylation sites is 1. The van der Waals surface area contributed by atoms with Gasteiger partial charge in [0.1, 0.15) is 0 Å². The summed E-state index contributed by atoms with van der Waals surface area (Å²) in [7, 11) is 0. The number of carbonyl (C=O) groups is 1. The summed E-state index contributed by atoms with van der Waals surface area (Å²) < 4.78 is 2.98. The maximum atomic E-state index is 12.4. The lowest BCUT2D eigenvalue weighted by Gasteiger charge is -2.04. The summed E-state index contributed by atoms with van der Waals surface area (Å²) in [5, 5.41) is 5.70. The number of nitrogens with zero attached hydrogens (tertiary/aromatic N) is 2. The number of hydrogen-bond donors (Lipinski definition) is 1. The van der Waals surface area contributed by atoms with Crippen LogP contribution < -0.4 is 5.32 Å². The highest BCUT2D eigenvalue weighted by atomic mass is 79.9. The molecular weight excluding hydrogens is 486 g/mol. The highest BCUT2D eigenvalue weighted by Gasteiger charge is 2.13. The number of aromatic nitrogens is 2. The Morgan fingerprint density at radius 1 is 1.22 bits per heavy atom. The summed E-state index contributed by atoms with van der Waals surface area (Å²) in [6.07, 6.45) is 0. The van der Waals surface area contributed by atoms with Crippen LogP contribution in [0.5, 0.6) is 0 Å². The summed E-state index contributed by atoms with van der Waals surface area (Å²) in [4.78, 5) is 21.5. The number of thiazole rings is 2. The number of thioether (sulfide) groups is 1. The van der Waals surface area contributed by atoms with Gasteiger partial charge in [-0.15, -0.1) is 22.7 Å². The van der Waals surface area contributed by atoms with E-state index in [1.165, 1.54) is 16.0 Å². The Labute approximate surface area is 181 Å². The Hall–Kier alpha value is -1.45. The molecule has 0 aliphatic heterocycles. The van der Waals surface area contributed by atoms with Gasteiger partial charge in [0, 0.05) is 15.6 Å². The molecule has 0 radical (unpaired) electrons. The van der Waals surface area contributed by atoms with Crippen LogP contribution in [0.15, 0.2) is 56.7 Å². The van der Waals surface area contributed by atoms with Crippen LogP contribution in [-0.2, 0) is 5.75 Å². The molecule has 0 aliphatic carbocycles. The van der Waals surface area contributed by atoms with Gasteiger partial charge in [-0.3, -0.25) is 10.1 Å². The van der Waals surface area contributed by atoms with Crippen molar-refractivity contribution < 1.29 is 4.79 Å². The Kier molecular flexibility index (Phi) is 5.79. The molecule has 136 valence electrons. The maximum Gasteiger partial charge on any atom is 0.258 e. The van der Waals surface area contributed by atoms with E-state index in [-0.39, 0.29) is 5.91 Å². The molecular formula is C18H11BrClN3OS3. The van der Waals surface area contributed by atoms with Crippen LogP contribution in [-0.4, -0.2) is 15.9 Å². The lowest BCUT2D eigenvalue weighted by atomic mass is 10.2. The predicted octanol–water partition coefficient (Wildman–Crippen LogP) is 6.71. The van der Waals surface area contributed by atoms with E-state index in [9.17, 15) is 4.79 Å². The van der Waals surface area contributed by atoms with Crippen molar-refractivity contribution in [2.24, 2.45) is 0 Å². The SMILES string of the molecule is O=C(Nc1nc(CSc2nc3ccccc3s2)cs1)c1cc(Br)ccc1Cl. The van der Waals surface area contributed by atoms with Crippen LogP contribution in [0.25, 0.3) is 10.2 Å². The number of carbonyl (C=O) groups excluding carboxylic acids is 1. The zero-order valence-electron chi connectivity index (χ0n) is 13.6. The molecule has 0 unspecified atom stereocenters. The van der Waals surface area contributed by atoms with Crippen LogP contribution in [0.4, 0.5) is 5.13 Å². The second-order valence-electron chi connectivity index (χ2n) is 5.46. The molecule has 0 saturated carbocycles. The van der Waals surface area contributed by atoms with Crippen LogP contribution in [0, 0.1) is 0 Å². The number of rotatable bonds is 5. The van der Waals surface area contributed by atoms with Crippen LogP contribution >= 0.6 is 62.0 Å². The molecule has 0 atom stereocenters. The normalized spacial score (nSPS) is 11.0. The van der Waals surface area contributed by atoms with E-state index in [2.05, 4.69) is 37.3 Å². The number of hydrogen-bond acceptors (Lipinski definition) is 6. The van der Waals surface area contributed by atoms with E-state index in [1.54, 1.807) is 41.3 Å². The Balaban J connectivity index is 1.41. The van der Waals surface area contributed by atoms with E-state index < -0.39 is 0 Å². The first kappa shape index (κ1) is 18.9. The fourth-order valence-corrected chi connectivity index (χ4v) is 5.65. The summed E-state index contributed by atoms with van der Waals surface area (Å²) >= 11 is 14.2. The van der Waals surface area contributed by atoms with Gasteiger partial charge >= 0.3 is 0 Å². The zero-order valence-corrected chi connectivity index (χ0v) is 18.4. The fraction of sp³-hybridized carbons (Fsp3) is 0.0556. The van der Waals surface area contributed by atoms with Gasteiger partial charge in [-0.1, -0.05) is 51.4 Å². The van der Waals surface area contributed by atoms with Crippen molar-refractivity contribution in [3.63, 3.8) is 0 Å². The number of halogens is 2. The molecule has 27 heavy (non-hydrogen) atoms. The van der Waals surface area contributed by atoms with Crippen molar-refractivity contribution in [3.05, 3.63) is 68.6 Å². The first-order valence-electron chi connectivity index (χ1n) is 7.78. The summed E-state index contributed by atoms with van der Waals surface area (Å²) in [5.41, 5.74) is 2.33. The lowest BCUT2D eigenvalue weighted by Crippen LogP contribution is -2.12. The Bertz CT molecular complexity index is 1090. The number of fused-ring (bicyclic) bond motifs is 1. The molecule has 4 nitrogen and oxygen atoms in total. The van der Waals surface area contributed by atoms with Crippen molar-refractivity contribution >= 4 is 83.2 Å². The largest absolute Gasteiger partial charge is 0.298 e. The van der Waals surface area contributed by atoms with Gasteiger partial charge in [0.15, 0.2) is 9.47 Å². The minimum Gasteiger partial charge on any atom is -0.298 e. The quantitative estimate of drug-likeness (QED) is 0.312. The first-order valence-corrected chi connectivity index (χ1v) is 11.6. The number of nitrogens with one attached hydrogen (secondary N) is 1. The van der Waals surface area contributed by atoms with Crippen LogP contribution in [0.2, 0.25) is 5.02 Å². The van der Waals surface area contributed by atoms with Crippen molar-refractivity contribution in [2.45, 2.75) is 10.1 Å². The monoisotopic (exact) mass is 495 g/mol. The van der Waals surface area contributed by atoms with Gasteiger partial charge in [0.05, 0.1) is 26.5 Å². The first-order chi connectivity index (χ1) is 13.1. The number of amides is 1. The summed E-state index contributed by atoms with van der Waals surface area (Å²) in [6.45, 7) is 0. The van der Waals surface area contributed by atoms with Crippen LogP contribution in [0.1, 0.15) is 16.1 Å². The van der Waals surface area contributed by atoms with E-state index in [1.807, 2.05) is 23.6 Å². The average molecular weight is 497 g/mol. The van der Waals surface area contributed by atoms with E-state index in [0.717, 1.165) is 20.0 Å². The number of benzene rings is 2. The summed E-state index contributed by atoms with van der Waals surface area (Å²) in [6, 6.07) is 13.3. The number of anilines is 1. The van der Waals surface area contributed by atoms with Gasteiger partial charge in [-0.05, 0) is 30.3 Å². The third-order valence-electron chi connectivity index (χ3n) is 3.56. The smallest absolute Gasteiger partial charge is 0.258 e. The van der Waals surface area contributed by atoms with Gasteiger partial charge in [0.25, 0.3) is 5.91 Å². The lowest BCUT2D eigenvalue weighted by molar-refractivity contribution is 0.102. The Morgan fingerprint density at radius 2 is 2.07 bits per heavy atom. The average Bonchev–Trinajstić information content (AvgIpc) is 3.28. The minimum absolute atomic E-state index is 0.277. The molecule has 4 aromatic rings. The zero-order chi connectivity index (χ0) is 18.8.